The van der Waals surface area contributed by atoms with Crippen molar-refractivity contribution < 1.29 is 14.0 Å². The highest BCUT2D eigenvalue weighted by atomic mass is 16.5. The average molecular weight is 263 g/mol. The van der Waals surface area contributed by atoms with Crippen molar-refractivity contribution >= 4 is 0 Å². The van der Waals surface area contributed by atoms with Crippen molar-refractivity contribution in [3.05, 3.63) is 24.1 Å². The lowest BCUT2D eigenvalue weighted by molar-refractivity contribution is 0.347. The van der Waals surface area contributed by atoms with E-state index in [1.54, 1.807) is 20.3 Å². The Labute approximate surface area is 111 Å². The first-order chi connectivity index (χ1) is 9.17. The summed E-state index contributed by atoms with van der Waals surface area (Å²) < 4.78 is 15.6. The van der Waals surface area contributed by atoms with Gasteiger partial charge in [-0.3, -0.25) is 0 Å². The third-order valence-electron chi connectivity index (χ3n) is 2.85. The van der Waals surface area contributed by atoms with Gasteiger partial charge in [-0.2, -0.15) is 4.98 Å². The first-order valence-corrected chi connectivity index (χ1v) is 5.92. The summed E-state index contributed by atoms with van der Waals surface area (Å²) in [5.41, 5.74) is 0.787. The standard InChI is InChI=1S/C13H17N3O3/c1-8(14-2)13-15-12(16-19-13)9-5-10(17-3)7-11(6-9)18-4/h5-8,14H,1-4H3. The summed E-state index contributed by atoms with van der Waals surface area (Å²) in [5.74, 6) is 2.42. The molecule has 6 heteroatoms. The molecule has 0 aliphatic carbocycles. The van der Waals surface area contributed by atoms with Crippen LogP contribution in [0.25, 0.3) is 11.4 Å². The summed E-state index contributed by atoms with van der Waals surface area (Å²) in [6, 6.07) is 5.47. The van der Waals surface area contributed by atoms with Gasteiger partial charge in [-0.15, -0.1) is 0 Å². The predicted molar refractivity (Wildman–Crippen MR) is 70.3 cm³/mol. The van der Waals surface area contributed by atoms with Crippen LogP contribution in [0.3, 0.4) is 0 Å². The van der Waals surface area contributed by atoms with Crippen molar-refractivity contribution in [3.63, 3.8) is 0 Å². The van der Waals surface area contributed by atoms with E-state index in [4.69, 9.17) is 14.0 Å². The zero-order valence-corrected chi connectivity index (χ0v) is 11.4. The summed E-state index contributed by atoms with van der Waals surface area (Å²) in [6.45, 7) is 1.95. The summed E-state index contributed by atoms with van der Waals surface area (Å²) in [4.78, 5) is 4.35. The molecule has 19 heavy (non-hydrogen) atoms. The van der Waals surface area contributed by atoms with Crippen LogP contribution in [0.4, 0.5) is 0 Å². The van der Waals surface area contributed by atoms with Crippen molar-refractivity contribution in [3.8, 4) is 22.9 Å². The molecule has 6 nitrogen and oxygen atoms in total. The van der Waals surface area contributed by atoms with Crippen molar-refractivity contribution in [2.24, 2.45) is 0 Å². The molecule has 1 atom stereocenters. The number of aromatic nitrogens is 2. The summed E-state index contributed by atoms with van der Waals surface area (Å²) >= 11 is 0. The van der Waals surface area contributed by atoms with Crippen molar-refractivity contribution in [1.29, 1.82) is 0 Å². The zero-order valence-electron chi connectivity index (χ0n) is 11.4. The highest BCUT2D eigenvalue weighted by Gasteiger charge is 2.14. The minimum absolute atomic E-state index is 0.00810. The molecule has 1 N–H and O–H groups in total. The lowest BCUT2D eigenvalue weighted by Gasteiger charge is -2.05. The zero-order chi connectivity index (χ0) is 13.8. The Bertz CT molecular complexity index is 532. The summed E-state index contributed by atoms with van der Waals surface area (Å²) in [7, 11) is 5.04. The lowest BCUT2D eigenvalue weighted by Crippen LogP contribution is -2.12. The maximum absolute atomic E-state index is 5.22. The highest BCUT2D eigenvalue weighted by molar-refractivity contribution is 5.60. The molecule has 2 rings (SSSR count). The quantitative estimate of drug-likeness (QED) is 0.890. The molecule has 1 heterocycles. The highest BCUT2D eigenvalue weighted by Crippen LogP contribution is 2.28. The number of nitrogens with zero attached hydrogens (tertiary/aromatic N) is 2. The minimum atomic E-state index is 0.00810. The van der Waals surface area contributed by atoms with Crippen LogP contribution < -0.4 is 14.8 Å². The summed E-state index contributed by atoms with van der Waals surface area (Å²) in [5, 5.41) is 7.01. The molecule has 0 saturated heterocycles. The molecule has 0 bridgehead atoms. The molecule has 0 fully saturated rings. The lowest BCUT2D eigenvalue weighted by atomic mass is 10.2. The molecular weight excluding hydrogens is 246 g/mol. The third kappa shape index (κ3) is 2.85. The molecule has 1 aromatic heterocycles. The van der Waals surface area contributed by atoms with Gasteiger partial charge in [0.1, 0.15) is 11.5 Å². The SMILES string of the molecule is CNC(C)c1nc(-c2cc(OC)cc(OC)c2)no1. The predicted octanol–water partition coefficient (Wildman–Crippen LogP) is 2.03. The molecule has 0 spiro atoms. The van der Waals surface area contributed by atoms with E-state index < -0.39 is 0 Å². The molecule has 1 unspecified atom stereocenters. The van der Waals surface area contributed by atoms with Gasteiger partial charge in [-0.1, -0.05) is 5.16 Å². The van der Waals surface area contributed by atoms with Gasteiger partial charge in [-0.05, 0) is 26.1 Å². The van der Waals surface area contributed by atoms with Crippen molar-refractivity contribution in [1.82, 2.24) is 15.5 Å². The number of hydrogen-bond donors (Lipinski definition) is 1. The van der Waals surface area contributed by atoms with Gasteiger partial charge in [0.2, 0.25) is 11.7 Å². The number of benzene rings is 1. The number of methoxy groups -OCH3 is 2. The molecule has 0 amide bonds. The maximum atomic E-state index is 5.22. The molecule has 1 aromatic carbocycles. The van der Waals surface area contributed by atoms with Gasteiger partial charge >= 0.3 is 0 Å². The molecule has 0 saturated carbocycles. The van der Waals surface area contributed by atoms with Crippen molar-refractivity contribution in [2.45, 2.75) is 13.0 Å². The maximum Gasteiger partial charge on any atom is 0.243 e. The van der Waals surface area contributed by atoms with E-state index in [2.05, 4.69) is 15.5 Å². The Morgan fingerprint density at radius 3 is 2.32 bits per heavy atom. The average Bonchev–Trinajstić information content (AvgIpc) is 2.95. The Morgan fingerprint density at radius 1 is 1.16 bits per heavy atom. The van der Waals surface area contributed by atoms with Crippen LogP contribution in [0.15, 0.2) is 22.7 Å². The van der Waals surface area contributed by atoms with Crippen LogP contribution in [0.1, 0.15) is 18.9 Å². The van der Waals surface area contributed by atoms with E-state index in [0.717, 1.165) is 5.56 Å². The van der Waals surface area contributed by atoms with Gasteiger partial charge in [0, 0.05) is 11.6 Å². The fraction of sp³-hybridized carbons (Fsp3) is 0.385. The molecule has 0 aliphatic heterocycles. The second kappa shape index (κ2) is 5.71. The van der Waals surface area contributed by atoms with Gasteiger partial charge in [0.25, 0.3) is 0 Å². The van der Waals surface area contributed by atoms with Crippen molar-refractivity contribution in [2.75, 3.05) is 21.3 Å². The van der Waals surface area contributed by atoms with Gasteiger partial charge in [0.15, 0.2) is 0 Å². The van der Waals surface area contributed by atoms with Crippen LogP contribution in [-0.2, 0) is 0 Å². The molecule has 0 radical (unpaired) electrons. The first-order valence-electron chi connectivity index (χ1n) is 5.92. The fourth-order valence-corrected chi connectivity index (χ4v) is 1.59. The largest absolute Gasteiger partial charge is 0.497 e. The summed E-state index contributed by atoms with van der Waals surface area (Å²) in [6.07, 6.45) is 0. The Morgan fingerprint density at radius 2 is 1.79 bits per heavy atom. The van der Waals surface area contributed by atoms with E-state index in [0.29, 0.717) is 23.2 Å². The second-order valence-corrected chi connectivity index (χ2v) is 4.07. The number of hydrogen-bond acceptors (Lipinski definition) is 6. The van der Waals surface area contributed by atoms with E-state index in [9.17, 15) is 0 Å². The van der Waals surface area contributed by atoms with Crippen LogP contribution in [0.5, 0.6) is 11.5 Å². The van der Waals surface area contributed by atoms with Gasteiger partial charge in [-0.25, -0.2) is 0 Å². The minimum Gasteiger partial charge on any atom is -0.497 e. The topological polar surface area (TPSA) is 69.4 Å². The number of rotatable bonds is 5. The van der Waals surface area contributed by atoms with Crippen LogP contribution >= 0.6 is 0 Å². The Balaban J connectivity index is 2.37. The normalized spacial score (nSPS) is 12.2. The molecule has 102 valence electrons. The third-order valence-corrected chi connectivity index (χ3v) is 2.85. The monoisotopic (exact) mass is 263 g/mol. The molecule has 2 aromatic rings. The Hall–Kier alpha value is -2.08. The van der Waals surface area contributed by atoms with Crippen LogP contribution in [0, 0.1) is 0 Å². The molecular formula is C13H17N3O3. The van der Waals surface area contributed by atoms with E-state index in [1.807, 2.05) is 26.1 Å². The fourth-order valence-electron chi connectivity index (χ4n) is 1.59. The number of nitrogens with one attached hydrogen (secondary N) is 1. The van der Waals surface area contributed by atoms with Crippen LogP contribution in [-0.4, -0.2) is 31.4 Å². The van der Waals surface area contributed by atoms with E-state index >= 15 is 0 Å². The number of ether oxygens (including phenoxy) is 2. The first kappa shape index (κ1) is 13.4. The van der Waals surface area contributed by atoms with E-state index in [1.165, 1.54) is 0 Å². The van der Waals surface area contributed by atoms with E-state index in [-0.39, 0.29) is 6.04 Å². The Kier molecular flexibility index (Phi) is 4.01. The second-order valence-electron chi connectivity index (χ2n) is 4.07. The van der Waals surface area contributed by atoms with Crippen LogP contribution in [0.2, 0.25) is 0 Å². The van der Waals surface area contributed by atoms with Gasteiger partial charge in [0.05, 0.1) is 20.3 Å². The molecule has 0 aliphatic rings. The van der Waals surface area contributed by atoms with Gasteiger partial charge < -0.3 is 19.3 Å². The smallest absolute Gasteiger partial charge is 0.243 e.